The average Bonchev–Trinajstić information content (AvgIpc) is 3.11. The third kappa shape index (κ3) is 2.46. The van der Waals surface area contributed by atoms with E-state index in [2.05, 4.69) is 78.9 Å². The van der Waals surface area contributed by atoms with Gasteiger partial charge in [0.25, 0.3) is 0 Å². The molecule has 0 unspecified atom stereocenters. The molecule has 0 heterocycles. The maximum atomic E-state index is 6.10. The largest absolute Gasteiger partial charge is 0.0843 e. The summed E-state index contributed by atoms with van der Waals surface area (Å²) in [4.78, 5) is 0. The molecule has 4 aromatic carbocycles. The smallest absolute Gasteiger partial charge is 0.0406 e. The lowest BCUT2D eigenvalue weighted by Gasteiger charge is -2.17. The molecule has 1 heteroatoms. The number of hydrogen-bond donors (Lipinski definition) is 0. The zero-order valence-corrected chi connectivity index (χ0v) is 15.0. The Bertz CT molecular complexity index is 1140. The molecule has 5 rings (SSSR count). The summed E-state index contributed by atoms with van der Waals surface area (Å²) in [6.45, 7) is 0. The molecule has 0 aliphatic heterocycles. The van der Waals surface area contributed by atoms with Gasteiger partial charge in [-0.15, -0.1) is 0 Å². The lowest BCUT2D eigenvalue weighted by Crippen LogP contribution is -1.94. The van der Waals surface area contributed by atoms with Crippen molar-refractivity contribution < 1.29 is 0 Å². The van der Waals surface area contributed by atoms with E-state index >= 15 is 0 Å². The van der Waals surface area contributed by atoms with E-state index in [1.165, 1.54) is 44.2 Å². The first-order chi connectivity index (χ1) is 12.8. The van der Waals surface area contributed by atoms with Crippen LogP contribution >= 0.6 is 11.6 Å². The van der Waals surface area contributed by atoms with E-state index in [-0.39, 0.29) is 0 Å². The lowest BCUT2D eigenvalue weighted by atomic mass is 9.87. The van der Waals surface area contributed by atoms with Gasteiger partial charge in [-0.2, -0.15) is 0 Å². The third-order valence-corrected chi connectivity index (χ3v) is 5.40. The predicted molar refractivity (Wildman–Crippen MR) is 112 cm³/mol. The molecule has 1 aliphatic carbocycles. The maximum Gasteiger partial charge on any atom is 0.0406 e. The summed E-state index contributed by atoms with van der Waals surface area (Å²) in [5.41, 5.74) is 7.88. The second-order valence-electron chi connectivity index (χ2n) is 6.70. The molecule has 0 radical (unpaired) electrons. The number of benzene rings is 4. The molecule has 0 saturated heterocycles. The molecule has 0 bridgehead atoms. The second kappa shape index (κ2) is 6.16. The van der Waals surface area contributed by atoms with Crippen LogP contribution in [0.2, 0.25) is 5.02 Å². The molecule has 0 saturated carbocycles. The Morgan fingerprint density at radius 1 is 0.654 bits per heavy atom. The van der Waals surface area contributed by atoms with Crippen molar-refractivity contribution in [2.45, 2.75) is 6.42 Å². The van der Waals surface area contributed by atoms with E-state index in [0.29, 0.717) is 0 Å². The van der Waals surface area contributed by atoms with Crippen molar-refractivity contribution in [2.75, 3.05) is 0 Å². The van der Waals surface area contributed by atoms with Gasteiger partial charge in [-0.05, 0) is 62.7 Å². The molecule has 4 aromatic rings. The first kappa shape index (κ1) is 15.4. The molecule has 124 valence electrons. The highest BCUT2D eigenvalue weighted by atomic mass is 35.5. The Labute approximate surface area is 158 Å². The van der Waals surface area contributed by atoms with Crippen LogP contribution in [0.15, 0.2) is 91.0 Å². The summed E-state index contributed by atoms with van der Waals surface area (Å²) in [6, 6.07) is 29.9. The van der Waals surface area contributed by atoms with Crippen molar-refractivity contribution in [1.29, 1.82) is 0 Å². The summed E-state index contributed by atoms with van der Waals surface area (Å²) < 4.78 is 0. The van der Waals surface area contributed by atoms with E-state index in [0.717, 1.165) is 11.4 Å². The molecule has 0 atom stereocenters. The zero-order chi connectivity index (χ0) is 17.5. The fourth-order valence-electron chi connectivity index (χ4n) is 3.98. The highest BCUT2D eigenvalue weighted by molar-refractivity contribution is 6.30. The van der Waals surface area contributed by atoms with Crippen LogP contribution in [0.5, 0.6) is 0 Å². The molecule has 0 N–H and O–H groups in total. The SMILES string of the molecule is Clc1ccc(C2=CCc3cc4ccccc4c(-c4ccccc4)c32)cc1. The summed E-state index contributed by atoms with van der Waals surface area (Å²) in [5, 5.41) is 3.38. The van der Waals surface area contributed by atoms with Crippen molar-refractivity contribution in [1.82, 2.24) is 0 Å². The van der Waals surface area contributed by atoms with Gasteiger partial charge in [0.05, 0.1) is 0 Å². The van der Waals surface area contributed by atoms with Crippen LogP contribution in [0, 0.1) is 0 Å². The van der Waals surface area contributed by atoms with Crippen molar-refractivity contribution in [3.05, 3.63) is 113 Å². The van der Waals surface area contributed by atoms with E-state index in [1.54, 1.807) is 0 Å². The molecule has 0 nitrogen and oxygen atoms in total. The molecule has 0 spiro atoms. The fraction of sp³-hybridized carbons (Fsp3) is 0.0400. The number of rotatable bonds is 2. The molecular formula is C25H17Cl. The van der Waals surface area contributed by atoms with Crippen LogP contribution in [0.4, 0.5) is 0 Å². The highest BCUT2D eigenvalue weighted by Crippen LogP contribution is 2.43. The summed E-state index contributed by atoms with van der Waals surface area (Å²) in [6.07, 6.45) is 3.32. The Morgan fingerprint density at radius 3 is 2.19 bits per heavy atom. The zero-order valence-electron chi connectivity index (χ0n) is 14.2. The van der Waals surface area contributed by atoms with Gasteiger partial charge >= 0.3 is 0 Å². The molecule has 0 aromatic heterocycles. The normalized spacial score (nSPS) is 12.9. The van der Waals surface area contributed by atoms with Crippen molar-refractivity contribution in [3.8, 4) is 11.1 Å². The second-order valence-corrected chi connectivity index (χ2v) is 7.14. The van der Waals surface area contributed by atoms with Crippen molar-refractivity contribution >= 4 is 27.9 Å². The molecule has 0 fully saturated rings. The van der Waals surface area contributed by atoms with Crippen molar-refractivity contribution in [2.24, 2.45) is 0 Å². The Morgan fingerprint density at radius 2 is 1.38 bits per heavy atom. The molecule has 1 aliphatic rings. The minimum Gasteiger partial charge on any atom is -0.0843 e. The minimum absolute atomic E-state index is 0.773. The number of hydrogen-bond acceptors (Lipinski definition) is 0. The first-order valence-corrected chi connectivity index (χ1v) is 9.25. The predicted octanol–water partition coefficient (Wildman–Crippen LogP) is 7.15. The highest BCUT2D eigenvalue weighted by Gasteiger charge is 2.22. The van der Waals surface area contributed by atoms with E-state index in [4.69, 9.17) is 11.6 Å². The number of halogens is 1. The first-order valence-electron chi connectivity index (χ1n) is 8.88. The monoisotopic (exact) mass is 352 g/mol. The van der Waals surface area contributed by atoms with Gasteiger partial charge in [0.2, 0.25) is 0 Å². The average molecular weight is 353 g/mol. The van der Waals surface area contributed by atoms with Crippen LogP contribution in [0.25, 0.3) is 27.5 Å². The van der Waals surface area contributed by atoms with E-state index in [1.807, 2.05) is 12.1 Å². The Hall–Kier alpha value is -2.83. The molecule has 0 amide bonds. The van der Waals surface area contributed by atoms with Gasteiger partial charge in [-0.25, -0.2) is 0 Å². The Kier molecular flexibility index (Phi) is 3.65. The Balaban J connectivity index is 1.83. The van der Waals surface area contributed by atoms with E-state index in [9.17, 15) is 0 Å². The van der Waals surface area contributed by atoms with Crippen LogP contribution in [0.3, 0.4) is 0 Å². The lowest BCUT2D eigenvalue weighted by molar-refractivity contribution is 1.32. The van der Waals surface area contributed by atoms with Gasteiger partial charge in [-0.1, -0.05) is 90.5 Å². The quantitative estimate of drug-likeness (QED) is 0.359. The number of allylic oxidation sites excluding steroid dienone is 1. The van der Waals surface area contributed by atoms with Crippen LogP contribution in [-0.4, -0.2) is 0 Å². The number of fused-ring (bicyclic) bond motifs is 2. The summed E-state index contributed by atoms with van der Waals surface area (Å²) in [5.74, 6) is 0. The van der Waals surface area contributed by atoms with Crippen LogP contribution in [-0.2, 0) is 6.42 Å². The van der Waals surface area contributed by atoms with Crippen LogP contribution in [0.1, 0.15) is 16.7 Å². The van der Waals surface area contributed by atoms with Gasteiger partial charge in [0.1, 0.15) is 0 Å². The molecule has 26 heavy (non-hydrogen) atoms. The van der Waals surface area contributed by atoms with E-state index < -0.39 is 0 Å². The standard InChI is InChI=1S/C25H17Cl/c26-21-13-10-17(11-14-21)23-15-12-20-16-19-8-4-5-9-22(19)24(25(20)23)18-6-2-1-3-7-18/h1-11,13-16H,12H2. The fourth-order valence-corrected chi connectivity index (χ4v) is 4.11. The van der Waals surface area contributed by atoms with Crippen LogP contribution < -0.4 is 0 Å². The van der Waals surface area contributed by atoms with Gasteiger partial charge in [0, 0.05) is 5.02 Å². The summed E-state index contributed by atoms with van der Waals surface area (Å²) >= 11 is 6.10. The molecular weight excluding hydrogens is 336 g/mol. The third-order valence-electron chi connectivity index (χ3n) is 5.14. The summed E-state index contributed by atoms with van der Waals surface area (Å²) in [7, 11) is 0. The van der Waals surface area contributed by atoms with Gasteiger partial charge in [0.15, 0.2) is 0 Å². The topological polar surface area (TPSA) is 0 Å². The van der Waals surface area contributed by atoms with Gasteiger partial charge < -0.3 is 0 Å². The van der Waals surface area contributed by atoms with Gasteiger partial charge in [-0.3, -0.25) is 0 Å². The minimum atomic E-state index is 0.773. The van der Waals surface area contributed by atoms with Crippen molar-refractivity contribution in [3.63, 3.8) is 0 Å². The maximum absolute atomic E-state index is 6.10.